The third kappa shape index (κ3) is 2.98. The molecule has 2 aromatic heterocycles. The van der Waals surface area contributed by atoms with Crippen molar-refractivity contribution in [3.8, 4) is 0 Å². The van der Waals surface area contributed by atoms with E-state index >= 15 is 0 Å². The molecular weight excluding hydrogens is 377 g/mol. The Kier molecular flexibility index (Phi) is 4.68. The van der Waals surface area contributed by atoms with Gasteiger partial charge in [0.05, 0.1) is 19.5 Å². The van der Waals surface area contributed by atoms with Crippen LogP contribution in [0.1, 0.15) is 11.8 Å². The summed E-state index contributed by atoms with van der Waals surface area (Å²) in [5.41, 5.74) is 8.93. The number of nitrogens with zero attached hydrogens (tertiary/aromatic N) is 4. The van der Waals surface area contributed by atoms with Crippen LogP contribution in [-0.2, 0) is 25.4 Å². The molecule has 4 atom stereocenters. The molecule has 4 heterocycles. The molecule has 5 rings (SSSR count). The second-order valence-electron chi connectivity index (χ2n) is 6.97. The van der Waals surface area contributed by atoms with Crippen LogP contribution in [0.15, 0.2) is 36.9 Å². The maximum atomic E-state index is 9.92. The van der Waals surface area contributed by atoms with E-state index in [-0.39, 0.29) is 12.4 Å². The van der Waals surface area contributed by atoms with Gasteiger partial charge in [-0.15, -0.1) is 0 Å². The molecule has 3 N–H and O–H groups in total. The Morgan fingerprint density at radius 2 is 2.14 bits per heavy atom. The topological polar surface area (TPSA) is 127 Å². The summed E-state index contributed by atoms with van der Waals surface area (Å²) in [6.45, 7) is 0.237. The molecule has 1 fully saturated rings. The molecule has 2 aliphatic rings. The van der Waals surface area contributed by atoms with Gasteiger partial charge in [0.1, 0.15) is 30.2 Å². The van der Waals surface area contributed by atoms with Gasteiger partial charge in [0, 0.05) is 7.11 Å². The third-order valence-corrected chi connectivity index (χ3v) is 5.38. The van der Waals surface area contributed by atoms with Crippen LogP contribution in [-0.4, -0.2) is 63.8 Å². The molecule has 0 radical (unpaired) electrons. The number of nitrogens with two attached hydrogens (primary N) is 1. The Morgan fingerprint density at radius 1 is 1.28 bits per heavy atom. The molecule has 11 heteroatoms. The van der Waals surface area contributed by atoms with E-state index in [0.29, 0.717) is 17.8 Å². The number of benzene rings is 1. The van der Waals surface area contributed by atoms with Gasteiger partial charge >= 0.3 is 7.12 Å². The molecule has 0 saturated carbocycles. The standard InChI is InChI=1S/C18H20BN5O5/c1-26-15-14(29-19-11-5-3-2-4-10(11)7-27-19)12(6-25)28-18(15)24-9-23-13-16(20)21-8-22-17(13)24/h2-5,8-9,12,14-15,18,25H,6-7H2,1H3,(H2,20,21,22)/t12-,14?,15+,18-/m1/s1. The number of aromatic nitrogens is 4. The second kappa shape index (κ2) is 7.36. The fourth-order valence-corrected chi connectivity index (χ4v) is 3.96. The number of aliphatic hydroxyl groups excluding tert-OH is 1. The summed E-state index contributed by atoms with van der Waals surface area (Å²) in [5, 5.41) is 9.92. The first-order chi connectivity index (χ1) is 14.2. The lowest BCUT2D eigenvalue weighted by atomic mass is 9.78. The third-order valence-electron chi connectivity index (χ3n) is 5.38. The normalized spacial score (nSPS) is 26.3. The summed E-state index contributed by atoms with van der Waals surface area (Å²) in [5.74, 6) is 0.281. The molecule has 0 bridgehead atoms. The molecule has 29 heavy (non-hydrogen) atoms. The van der Waals surface area contributed by atoms with E-state index < -0.39 is 31.7 Å². The summed E-state index contributed by atoms with van der Waals surface area (Å²) in [7, 11) is 1.02. The zero-order valence-electron chi connectivity index (χ0n) is 15.7. The van der Waals surface area contributed by atoms with Crippen molar-refractivity contribution >= 4 is 29.6 Å². The van der Waals surface area contributed by atoms with E-state index in [0.717, 1.165) is 11.0 Å². The number of aliphatic hydroxyl groups is 1. The minimum atomic E-state index is -0.613. The van der Waals surface area contributed by atoms with Crippen LogP contribution in [0, 0.1) is 0 Å². The van der Waals surface area contributed by atoms with Gasteiger partial charge in [-0.1, -0.05) is 24.3 Å². The van der Waals surface area contributed by atoms with E-state index in [1.807, 2.05) is 24.3 Å². The van der Waals surface area contributed by atoms with Gasteiger partial charge in [-0.25, -0.2) is 15.0 Å². The summed E-state index contributed by atoms with van der Waals surface area (Å²) in [6, 6.07) is 7.88. The van der Waals surface area contributed by atoms with E-state index in [2.05, 4.69) is 15.0 Å². The Labute approximate surface area is 166 Å². The molecule has 3 aromatic rings. The number of methoxy groups -OCH3 is 1. The zero-order chi connectivity index (χ0) is 20.0. The Bertz CT molecular complexity index is 1030. The summed E-state index contributed by atoms with van der Waals surface area (Å²) < 4.78 is 25.6. The minimum Gasteiger partial charge on any atom is -0.403 e. The largest absolute Gasteiger partial charge is 0.494 e. The van der Waals surface area contributed by atoms with Crippen LogP contribution in [0.5, 0.6) is 0 Å². The van der Waals surface area contributed by atoms with E-state index in [9.17, 15) is 5.11 Å². The van der Waals surface area contributed by atoms with E-state index in [1.165, 1.54) is 6.33 Å². The quantitative estimate of drug-likeness (QED) is 0.554. The summed E-state index contributed by atoms with van der Waals surface area (Å²) in [6.07, 6.45) is 0.619. The molecule has 1 aromatic carbocycles. The first-order valence-electron chi connectivity index (χ1n) is 9.28. The lowest BCUT2D eigenvalue weighted by molar-refractivity contribution is -0.0583. The summed E-state index contributed by atoms with van der Waals surface area (Å²) in [4.78, 5) is 12.5. The second-order valence-corrected chi connectivity index (χ2v) is 6.97. The van der Waals surface area contributed by atoms with Crippen LogP contribution in [0.2, 0.25) is 0 Å². The van der Waals surface area contributed by atoms with Crippen molar-refractivity contribution in [2.45, 2.75) is 31.1 Å². The number of hydrogen-bond donors (Lipinski definition) is 2. The van der Waals surface area contributed by atoms with Crippen molar-refractivity contribution in [1.29, 1.82) is 0 Å². The molecule has 2 aliphatic heterocycles. The summed E-state index contributed by atoms with van der Waals surface area (Å²) >= 11 is 0. The molecule has 0 spiro atoms. The highest BCUT2D eigenvalue weighted by molar-refractivity contribution is 6.62. The maximum absolute atomic E-state index is 9.92. The predicted molar refractivity (Wildman–Crippen MR) is 103 cm³/mol. The van der Waals surface area contributed by atoms with Crippen LogP contribution in [0.3, 0.4) is 0 Å². The highest BCUT2D eigenvalue weighted by atomic mass is 16.6. The van der Waals surface area contributed by atoms with Crippen LogP contribution in [0.25, 0.3) is 11.2 Å². The average molecular weight is 397 g/mol. The highest BCUT2D eigenvalue weighted by Gasteiger charge is 2.49. The number of hydrogen-bond acceptors (Lipinski definition) is 9. The average Bonchev–Trinajstić information content (AvgIpc) is 3.44. The van der Waals surface area contributed by atoms with Gasteiger partial charge in [0.25, 0.3) is 0 Å². The fourth-order valence-electron chi connectivity index (χ4n) is 3.96. The number of anilines is 1. The molecule has 150 valence electrons. The molecule has 0 amide bonds. The van der Waals surface area contributed by atoms with Crippen molar-refractivity contribution in [1.82, 2.24) is 19.5 Å². The van der Waals surface area contributed by atoms with Gasteiger partial charge in [-0.3, -0.25) is 4.57 Å². The SMILES string of the molecule is CO[C@H]1C(OB2OCc3ccccc32)[C@@H](CO)O[C@H]1n1cnc2c(N)ncnc21. The van der Waals surface area contributed by atoms with Crippen LogP contribution < -0.4 is 11.2 Å². The number of fused-ring (bicyclic) bond motifs is 2. The number of ether oxygens (including phenoxy) is 2. The monoisotopic (exact) mass is 397 g/mol. The molecular formula is C18H20BN5O5. The maximum Gasteiger partial charge on any atom is 0.494 e. The molecule has 0 aliphatic carbocycles. The van der Waals surface area contributed by atoms with Gasteiger partial charge in [-0.2, -0.15) is 0 Å². The van der Waals surface area contributed by atoms with Gasteiger partial charge in [-0.05, 0) is 11.0 Å². The predicted octanol–water partition coefficient (Wildman–Crippen LogP) is -0.376. The molecule has 1 saturated heterocycles. The zero-order valence-corrected chi connectivity index (χ0v) is 15.7. The highest BCUT2D eigenvalue weighted by Crippen LogP contribution is 2.36. The number of nitrogen functional groups attached to an aromatic ring is 1. The first kappa shape index (κ1) is 18.5. The minimum absolute atomic E-state index is 0.237. The lowest BCUT2D eigenvalue weighted by Gasteiger charge is -2.25. The van der Waals surface area contributed by atoms with Crippen LogP contribution in [0.4, 0.5) is 5.82 Å². The van der Waals surface area contributed by atoms with Gasteiger partial charge in [0.15, 0.2) is 17.7 Å². The number of rotatable bonds is 5. The van der Waals surface area contributed by atoms with Crippen molar-refractivity contribution in [2.75, 3.05) is 19.5 Å². The van der Waals surface area contributed by atoms with Crippen molar-refractivity contribution in [3.05, 3.63) is 42.5 Å². The molecule has 10 nitrogen and oxygen atoms in total. The van der Waals surface area contributed by atoms with Gasteiger partial charge < -0.3 is 29.6 Å². The number of imidazole rings is 1. The van der Waals surface area contributed by atoms with E-state index in [4.69, 9.17) is 24.5 Å². The molecule has 1 unspecified atom stereocenters. The van der Waals surface area contributed by atoms with Crippen molar-refractivity contribution < 1.29 is 23.9 Å². The Hall–Kier alpha value is -2.57. The first-order valence-corrected chi connectivity index (χ1v) is 9.28. The van der Waals surface area contributed by atoms with Gasteiger partial charge in [0.2, 0.25) is 0 Å². The Morgan fingerprint density at radius 3 is 2.97 bits per heavy atom. The Balaban J connectivity index is 1.46. The van der Waals surface area contributed by atoms with Crippen molar-refractivity contribution in [2.24, 2.45) is 0 Å². The van der Waals surface area contributed by atoms with Crippen molar-refractivity contribution in [3.63, 3.8) is 0 Å². The fraction of sp³-hybridized carbons (Fsp3) is 0.389. The lowest BCUT2D eigenvalue weighted by Crippen LogP contribution is -2.45. The van der Waals surface area contributed by atoms with Crippen LogP contribution >= 0.6 is 0 Å². The smallest absolute Gasteiger partial charge is 0.403 e. The van der Waals surface area contributed by atoms with E-state index in [1.54, 1.807) is 18.0 Å².